The van der Waals surface area contributed by atoms with Gasteiger partial charge in [-0.15, -0.1) is 0 Å². The third kappa shape index (κ3) is 6.18. The molecule has 0 unspecified atom stereocenters. The number of carbonyl (C=O) groups excluding carboxylic acids is 1. The maximum absolute atomic E-state index is 12.6. The lowest BCUT2D eigenvalue weighted by atomic mass is 9.79. The van der Waals surface area contributed by atoms with Gasteiger partial charge in [-0.1, -0.05) is 0 Å². The zero-order valence-corrected chi connectivity index (χ0v) is 16.8. The van der Waals surface area contributed by atoms with Gasteiger partial charge in [-0.3, -0.25) is 14.4 Å². The molecule has 0 bridgehead atoms. The van der Waals surface area contributed by atoms with E-state index in [0.29, 0.717) is 12.0 Å². The highest BCUT2D eigenvalue weighted by molar-refractivity contribution is 5.79. The highest BCUT2D eigenvalue weighted by Crippen LogP contribution is 2.34. The van der Waals surface area contributed by atoms with E-state index in [0.717, 1.165) is 51.9 Å². The number of ether oxygens (including phenoxy) is 1. The molecule has 3 fully saturated rings. The smallest absolute Gasteiger partial charge is 0.475 e. The van der Waals surface area contributed by atoms with Gasteiger partial charge in [0.2, 0.25) is 5.91 Å². The number of nitrogens with one attached hydrogen (secondary N) is 1. The number of aryl methyl sites for hydroxylation is 1. The first-order valence-electron chi connectivity index (χ1n) is 10.1. The number of rotatable bonds is 4. The van der Waals surface area contributed by atoms with E-state index in [-0.39, 0.29) is 17.9 Å². The van der Waals surface area contributed by atoms with Crippen LogP contribution >= 0.6 is 0 Å². The Hall–Kier alpha value is -2.14. The summed E-state index contributed by atoms with van der Waals surface area (Å²) in [7, 11) is 1.95. The molecular weight excluding hydrogens is 405 g/mol. The van der Waals surface area contributed by atoms with Crippen LogP contribution in [0.3, 0.4) is 0 Å². The van der Waals surface area contributed by atoms with Crippen molar-refractivity contribution in [3.05, 3.63) is 18.0 Å². The number of hydrogen-bond donors (Lipinski definition) is 2. The van der Waals surface area contributed by atoms with Crippen molar-refractivity contribution < 1.29 is 32.6 Å². The molecule has 2 aliphatic heterocycles. The van der Waals surface area contributed by atoms with Crippen LogP contribution in [0.4, 0.5) is 13.2 Å². The van der Waals surface area contributed by atoms with Crippen LogP contribution in [0.15, 0.2) is 12.4 Å². The van der Waals surface area contributed by atoms with Crippen molar-refractivity contribution in [2.75, 3.05) is 19.7 Å². The Kier molecular flexibility index (Phi) is 7.02. The fraction of sp³-hybridized carbons (Fsp3) is 0.737. The summed E-state index contributed by atoms with van der Waals surface area (Å²) in [4.78, 5) is 23.9. The first-order valence-corrected chi connectivity index (χ1v) is 10.1. The Bertz CT molecular complexity index is 750. The Balaban J connectivity index is 0.000000318. The second-order valence-electron chi connectivity index (χ2n) is 8.10. The second kappa shape index (κ2) is 9.34. The van der Waals surface area contributed by atoms with E-state index in [9.17, 15) is 18.0 Å². The molecule has 1 aliphatic carbocycles. The number of amides is 1. The number of piperidine rings is 1. The molecule has 1 amide bonds. The van der Waals surface area contributed by atoms with E-state index >= 15 is 0 Å². The Morgan fingerprint density at radius 3 is 2.57 bits per heavy atom. The van der Waals surface area contributed by atoms with E-state index in [1.807, 2.05) is 17.9 Å². The third-order valence-electron chi connectivity index (χ3n) is 5.62. The Morgan fingerprint density at radius 1 is 1.30 bits per heavy atom. The van der Waals surface area contributed by atoms with Crippen LogP contribution in [-0.2, 0) is 27.9 Å². The normalized spacial score (nSPS) is 26.9. The average molecular weight is 432 g/mol. The Morgan fingerprint density at radius 2 is 2.00 bits per heavy atom. The largest absolute Gasteiger partial charge is 0.490 e. The molecule has 8 nitrogen and oxygen atoms in total. The van der Waals surface area contributed by atoms with Crippen LogP contribution in [-0.4, -0.2) is 69.7 Å². The lowest BCUT2D eigenvalue weighted by Crippen LogP contribution is -2.53. The zero-order chi connectivity index (χ0) is 21.9. The summed E-state index contributed by atoms with van der Waals surface area (Å²) < 4.78 is 39.5. The average Bonchev–Trinajstić information content (AvgIpc) is 3.40. The minimum Gasteiger partial charge on any atom is -0.475 e. The molecule has 0 spiro atoms. The number of halogens is 3. The second-order valence-corrected chi connectivity index (χ2v) is 8.10. The molecule has 4 rings (SSSR count). The van der Waals surface area contributed by atoms with Crippen molar-refractivity contribution in [1.29, 1.82) is 0 Å². The maximum Gasteiger partial charge on any atom is 0.490 e. The quantitative estimate of drug-likeness (QED) is 0.750. The molecule has 11 heteroatoms. The van der Waals surface area contributed by atoms with Gasteiger partial charge in [0.1, 0.15) is 0 Å². The van der Waals surface area contributed by atoms with Gasteiger partial charge in [0, 0.05) is 62.9 Å². The standard InChI is InChI=1S/C17H26N4O2.C2HF3O2/c1-20-9-12(8-18-20)10-21-6-4-16-15(11-21)14(5-7-23-16)17(22)19-13-2-3-13;3-2(4,5)1(6)7/h8-9,13-16H,2-7,10-11H2,1H3,(H,19,22);(H,6,7)/t14-,15+,16-;/m1./s1. The van der Waals surface area contributed by atoms with Gasteiger partial charge in [0.25, 0.3) is 0 Å². The molecule has 168 valence electrons. The van der Waals surface area contributed by atoms with Gasteiger partial charge in [0.15, 0.2) is 0 Å². The van der Waals surface area contributed by atoms with Crippen LogP contribution in [0.5, 0.6) is 0 Å². The van der Waals surface area contributed by atoms with Gasteiger partial charge in [0.05, 0.1) is 12.3 Å². The summed E-state index contributed by atoms with van der Waals surface area (Å²) in [5.41, 5.74) is 1.24. The molecular formula is C19H27F3N4O4. The van der Waals surface area contributed by atoms with E-state index in [1.54, 1.807) is 0 Å². The molecule has 1 saturated carbocycles. The molecule has 1 aromatic heterocycles. The van der Waals surface area contributed by atoms with Crippen molar-refractivity contribution in [2.24, 2.45) is 18.9 Å². The summed E-state index contributed by atoms with van der Waals surface area (Å²) in [5.74, 6) is -2.06. The SMILES string of the molecule is Cn1cc(CN2CC[C@H]3OCC[C@@H](C(=O)NC4CC4)[C@@H]3C2)cn1.O=C(O)C(F)(F)F. The summed E-state index contributed by atoms with van der Waals surface area (Å²) in [5, 5.41) is 14.6. The molecule has 1 aromatic rings. The Labute approximate surface area is 172 Å². The number of aromatic nitrogens is 2. The number of fused-ring (bicyclic) bond motifs is 1. The van der Waals surface area contributed by atoms with E-state index in [4.69, 9.17) is 14.6 Å². The topological polar surface area (TPSA) is 96.7 Å². The van der Waals surface area contributed by atoms with Crippen LogP contribution in [0.25, 0.3) is 0 Å². The number of hydrogen-bond acceptors (Lipinski definition) is 5. The van der Waals surface area contributed by atoms with Crippen molar-refractivity contribution in [1.82, 2.24) is 20.0 Å². The fourth-order valence-electron chi connectivity index (χ4n) is 4.00. The van der Waals surface area contributed by atoms with Crippen molar-refractivity contribution in [3.8, 4) is 0 Å². The van der Waals surface area contributed by atoms with Crippen LogP contribution in [0.1, 0.15) is 31.2 Å². The van der Waals surface area contributed by atoms with E-state index in [1.165, 1.54) is 5.56 Å². The fourth-order valence-corrected chi connectivity index (χ4v) is 4.00. The summed E-state index contributed by atoms with van der Waals surface area (Å²) in [6, 6.07) is 0.443. The van der Waals surface area contributed by atoms with Crippen LogP contribution in [0.2, 0.25) is 0 Å². The summed E-state index contributed by atoms with van der Waals surface area (Å²) in [6.07, 6.45) is 3.36. The minimum atomic E-state index is -5.08. The van der Waals surface area contributed by atoms with Crippen molar-refractivity contribution in [2.45, 2.75) is 50.6 Å². The predicted octanol–water partition coefficient (Wildman–Crippen LogP) is 1.56. The van der Waals surface area contributed by atoms with Gasteiger partial charge in [-0.05, 0) is 25.7 Å². The first kappa shape index (κ1) is 22.5. The molecule has 30 heavy (non-hydrogen) atoms. The van der Waals surface area contributed by atoms with Gasteiger partial charge in [-0.2, -0.15) is 18.3 Å². The lowest BCUT2D eigenvalue weighted by molar-refractivity contribution is -0.192. The van der Waals surface area contributed by atoms with Crippen LogP contribution in [0, 0.1) is 11.8 Å². The van der Waals surface area contributed by atoms with Crippen molar-refractivity contribution in [3.63, 3.8) is 0 Å². The maximum atomic E-state index is 12.6. The van der Waals surface area contributed by atoms with E-state index < -0.39 is 12.1 Å². The number of carboxylic acid groups (broad SMARTS) is 1. The third-order valence-corrected chi connectivity index (χ3v) is 5.62. The monoisotopic (exact) mass is 432 g/mol. The number of alkyl halides is 3. The molecule has 3 aliphatic rings. The lowest BCUT2D eigenvalue weighted by Gasteiger charge is -2.44. The minimum absolute atomic E-state index is 0.117. The summed E-state index contributed by atoms with van der Waals surface area (Å²) >= 11 is 0. The van der Waals surface area contributed by atoms with Gasteiger partial charge < -0.3 is 15.2 Å². The zero-order valence-electron chi connectivity index (χ0n) is 16.8. The number of aliphatic carboxylic acids is 1. The molecule has 2 N–H and O–H groups in total. The molecule has 3 heterocycles. The highest BCUT2D eigenvalue weighted by Gasteiger charge is 2.42. The van der Waals surface area contributed by atoms with Gasteiger partial charge in [-0.25, -0.2) is 4.79 Å². The van der Waals surface area contributed by atoms with Gasteiger partial charge >= 0.3 is 12.1 Å². The molecule has 2 saturated heterocycles. The number of likely N-dealkylation sites (tertiary alicyclic amines) is 1. The molecule has 0 aromatic carbocycles. The number of carbonyl (C=O) groups is 2. The summed E-state index contributed by atoms with van der Waals surface area (Å²) in [6.45, 7) is 3.62. The predicted molar refractivity (Wildman–Crippen MR) is 99.3 cm³/mol. The van der Waals surface area contributed by atoms with Crippen LogP contribution < -0.4 is 5.32 Å². The first-order chi connectivity index (χ1) is 14.1. The number of carboxylic acids is 1. The van der Waals surface area contributed by atoms with E-state index in [2.05, 4.69) is 21.5 Å². The molecule has 3 atom stereocenters. The highest BCUT2D eigenvalue weighted by atomic mass is 19.4. The molecule has 0 radical (unpaired) electrons. The van der Waals surface area contributed by atoms with Crippen molar-refractivity contribution >= 4 is 11.9 Å². The number of nitrogens with zero attached hydrogens (tertiary/aromatic N) is 3.